The second-order valence-electron chi connectivity index (χ2n) is 4.11. The van der Waals surface area contributed by atoms with Crippen LogP contribution in [0.3, 0.4) is 0 Å². The molecule has 80 valence electrons. The number of hydrogen-bond donors (Lipinski definition) is 1. The molecule has 0 aromatic heterocycles. The molecule has 0 unspecified atom stereocenters. The highest BCUT2D eigenvalue weighted by atomic mass is 16.2. The highest BCUT2D eigenvalue weighted by Gasteiger charge is 2.24. The quantitative estimate of drug-likeness (QED) is 0.746. The number of nitrogens with zero attached hydrogens (tertiary/aromatic N) is 1. The molecule has 3 heteroatoms. The van der Waals surface area contributed by atoms with Crippen molar-refractivity contribution in [2.75, 3.05) is 13.1 Å². The van der Waals surface area contributed by atoms with Crippen LogP contribution in [0.25, 0.3) is 0 Å². The zero-order chi connectivity index (χ0) is 10.8. The summed E-state index contributed by atoms with van der Waals surface area (Å²) in [5, 5.41) is 0. The van der Waals surface area contributed by atoms with Crippen LogP contribution in [0.5, 0.6) is 0 Å². The van der Waals surface area contributed by atoms with E-state index in [4.69, 9.17) is 5.73 Å². The van der Waals surface area contributed by atoms with Crippen LogP contribution in [0, 0.1) is 6.92 Å². The Hall–Kier alpha value is -1.35. The van der Waals surface area contributed by atoms with E-state index in [1.54, 1.807) is 0 Å². The fraction of sp³-hybridized carbons (Fsp3) is 0.417. The lowest BCUT2D eigenvalue weighted by Gasteiger charge is -2.16. The summed E-state index contributed by atoms with van der Waals surface area (Å²) in [6.45, 7) is 3.44. The highest BCUT2D eigenvalue weighted by molar-refractivity contribution is 5.95. The number of likely N-dealkylation sites (tertiary alicyclic amines) is 1. The van der Waals surface area contributed by atoms with Crippen LogP contribution in [0.4, 0.5) is 0 Å². The molecule has 2 N–H and O–H groups in total. The van der Waals surface area contributed by atoms with Crippen molar-refractivity contribution in [3.05, 3.63) is 35.4 Å². The summed E-state index contributed by atoms with van der Waals surface area (Å²) in [5.74, 6) is 0.112. The van der Waals surface area contributed by atoms with Crippen molar-refractivity contribution in [2.45, 2.75) is 19.4 Å². The molecule has 1 heterocycles. The first-order valence-corrected chi connectivity index (χ1v) is 5.29. The standard InChI is InChI=1S/C12H16N2O/c1-9-4-2-3-5-11(9)12(15)14-7-6-10(13)8-14/h2-5,10H,6-8,13H2,1H3/t10-/m0/s1. The normalized spacial score (nSPS) is 20.7. The molecule has 1 amide bonds. The van der Waals surface area contributed by atoms with E-state index in [0.29, 0.717) is 6.54 Å². The Labute approximate surface area is 89.9 Å². The van der Waals surface area contributed by atoms with Crippen molar-refractivity contribution in [1.82, 2.24) is 4.90 Å². The molecule has 0 saturated carbocycles. The minimum absolute atomic E-state index is 0.112. The molecule has 1 fully saturated rings. The molecule has 3 nitrogen and oxygen atoms in total. The van der Waals surface area contributed by atoms with E-state index in [1.165, 1.54) is 0 Å². The van der Waals surface area contributed by atoms with E-state index in [0.717, 1.165) is 24.1 Å². The van der Waals surface area contributed by atoms with Crippen LogP contribution in [0.15, 0.2) is 24.3 Å². The number of carbonyl (C=O) groups excluding carboxylic acids is 1. The average molecular weight is 204 g/mol. The van der Waals surface area contributed by atoms with Gasteiger partial charge in [0.05, 0.1) is 0 Å². The number of amides is 1. The minimum atomic E-state index is 0.112. The van der Waals surface area contributed by atoms with E-state index < -0.39 is 0 Å². The van der Waals surface area contributed by atoms with Gasteiger partial charge in [0.2, 0.25) is 0 Å². The van der Waals surface area contributed by atoms with Gasteiger partial charge in [0.15, 0.2) is 0 Å². The van der Waals surface area contributed by atoms with Gasteiger partial charge in [0.25, 0.3) is 5.91 Å². The van der Waals surface area contributed by atoms with Gasteiger partial charge in [-0.15, -0.1) is 0 Å². The maximum absolute atomic E-state index is 12.1. The molecule has 15 heavy (non-hydrogen) atoms. The van der Waals surface area contributed by atoms with Gasteiger partial charge in [0.1, 0.15) is 0 Å². The third-order valence-corrected chi connectivity index (χ3v) is 2.89. The number of carbonyl (C=O) groups is 1. The monoisotopic (exact) mass is 204 g/mol. The highest BCUT2D eigenvalue weighted by Crippen LogP contribution is 2.14. The Morgan fingerprint density at radius 1 is 1.47 bits per heavy atom. The Balaban J connectivity index is 2.18. The maximum Gasteiger partial charge on any atom is 0.254 e. The number of aryl methyl sites for hydroxylation is 1. The van der Waals surface area contributed by atoms with Crippen LogP contribution in [-0.2, 0) is 0 Å². The third kappa shape index (κ3) is 2.02. The Morgan fingerprint density at radius 3 is 2.80 bits per heavy atom. The first kappa shape index (κ1) is 10.2. The maximum atomic E-state index is 12.1. The van der Waals surface area contributed by atoms with Crippen molar-refractivity contribution in [1.29, 1.82) is 0 Å². The van der Waals surface area contributed by atoms with Crippen LogP contribution in [0.2, 0.25) is 0 Å². The van der Waals surface area contributed by atoms with Gasteiger partial charge in [-0.3, -0.25) is 4.79 Å². The molecule has 0 spiro atoms. The van der Waals surface area contributed by atoms with Crippen molar-refractivity contribution in [2.24, 2.45) is 5.73 Å². The molecule has 1 aliphatic rings. The summed E-state index contributed by atoms with van der Waals surface area (Å²) in [6.07, 6.45) is 0.914. The van der Waals surface area contributed by atoms with E-state index in [2.05, 4.69) is 0 Å². The predicted octanol–water partition coefficient (Wildman–Crippen LogP) is 1.17. The second kappa shape index (κ2) is 4.03. The molecular formula is C12H16N2O. The first-order valence-electron chi connectivity index (χ1n) is 5.29. The lowest BCUT2D eigenvalue weighted by atomic mass is 10.1. The lowest BCUT2D eigenvalue weighted by Crippen LogP contribution is -2.32. The van der Waals surface area contributed by atoms with Gasteiger partial charge in [-0.25, -0.2) is 0 Å². The summed E-state index contributed by atoms with van der Waals surface area (Å²) in [4.78, 5) is 13.9. The third-order valence-electron chi connectivity index (χ3n) is 2.89. The van der Waals surface area contributed by atoms with Crippen molar-refractivity contribution in [3.8, 4) is 0 Å². The molecular weight excluding hydrogens is 188 g/mol. The average Bonchev–Trinajstić information content (AvgIpc) is 2.65. The fourth-order valence-electron chi connectivity index (χ4n) is 1.95. The van der Waals surface area contributed by atoms with Gasteiger partial charge in [-0.2, -0.15) is 0 Å². The largest absolute Gasteiger partial charge is 0.337 e. The Kier molecular flexibility index (Phi) is 2.73. The zero-order valence-corrected chi connectivity index (χ0v) is 8.94. The van der Waals surface area contributed by atoms with Crippen molar-refractivity contribution in [3.63, 3.8) is 0 Å². The van der Waals surface area contributed by atoms with E-state index in [1.807, 2.05) is 36.1 Å². The molecule has 0 bridgehead atoms. The van der Waals surface area contributed by atoms with Crippen LogP contribution in [-0.4, -0.2) is 29.9 Å². The lowest BCUT2D eigenvalue weighted by molar-refractivity contribution is 0.0790. The van der Waals surface area contributed by atoms with Gasteiger partial charge in [-0.05, 0) is 25.0 Å². The zero-order valence-electron chi connectivity index (χ0n) is 8.94. The van der Waals surface area contributed by atoms with E-state index in [9.17, 15) is 4.79 Å². The van der Waals surface area contributed by atoms with Gasteiger partial charge in [-0.1, -0.05) is 18.2 Å². The second-order valence-corrected chi connectivity index (χ2v) is 4.11. The number of nitrogens with two attached hydrogens (primary N) is 1. The SMILES string of the molecule is Cc1ccccc1C(=O)N1CC[C@H](N)C1. The predicted molar refractivity (Wildman–Crippen MR) is 59.7 cm³/mol. The van der Waals surface area contributed by atoms with Gasteiger partial charge >= 0.3 is 0 Å². The number of rotatable bonds is 1. The topological polar surface area (TPSA) is 46.3 Å². The smallest absolute Gasteiger partial charge is 0.254 e. The molecule has 1 saturated heterocycles. The van der Waals surface area contributed by atoms with Crippen LogP contribution < -0.4 is 5.73 Å². The summed E-state index contributed by atoms with van der Waals surface area (Å²) in [5.41, 5.74) is 7.61. The molecule has 0 radical (unpaired) electrons. The van der Waals surface area contributed by atoms with Crippen molar-refractivity contribution < 1.29 is 4.79 Å². The molecule has 1 atom stereocenters. The summed E-state index contributed by atoms with van der Waals surface area (Å²) in [6, 6.07) is 7.83. The molecule has 0 aliphatic carbocycles. The molecule has 1 aliphatic heterocycles. The Morgan fingerprint density at radius 2 is 2.20 bits per heavy atom. The van der Waals surface area contributed by atoms with E-state index in [-0.39, 0.29) is 11.9 Å². The van der Waals surface area contributed by atoms with E-state index >= 15 is 0 Å². The number of benzene rings is 1. The summed E-state index contributed by atoms with van der Waals surface area (Å²) >= 11 is 0. The first-order chi connectivity index (χ1) is 7.18. The van der Waals surface area contributed by atoms with Crippen LogP contribution >= 0.6 is 0 Å². The van der Waals surface area contributed by atoms with Gasteiger partial charge < -0.3 is 10.6 Å². The summed E-state index contributed by atoms with van der Waals surface area (Å²) in [7, 11) is 0. The van der Waals surface area contributed by atoms with Crippen molar-refractivity contribution >= 4 is 5.91 Å². The minimum Gasteiger partial charge on any atom is -0.337 e. The molecule has 2 rings (SSSR count). The molecule has 1 aromatic carbocycles. The van der Waals surface area contributed by atoms with Crippen LogP contribution in [0.1, 0.15) is 22.3 Å². The summed E-state index contributed by atoms with van der Waals surface area (Å²) < 4.78 is 0. The Bertz CT molecular complexity index is 376. The number of hydrogen-bond acceptors (Lipinski definition) is 2. The fourth-order valence-corrected chi connectivity index (χ4v) is 1.95. The molecule has 1 aromatic rings. The van der Waals surface area contributed by atoms with Gasteiger partial charge in [0, 0.05) is 24.7 Å².